The highest BCUT2D eigenvalue weighted by Gasteiger charge is 2.18. The van der Waals surface area contributed by atoms with Crippen LogP contribution in [0, 0.1) is 5.82 Å². The zero-order chi connectivity index (χ0) is 21.8. The van der Waals surface area contributed by atoms with Crippen molar-refractivity contribution in [1.82, 2.24) is 15.3 Å². The van der Waals surface area contributed by atoms with Crippen molar-refractivity contribution >= 4 is 17.2 Å². The maximum atomic E-state index is 14.1. The number of rotatable bonds is 7. The first kappa shape index (κ1) is 20.9. The molecule has 4 aromatic rings. The van der Waals surface area contributed by atoms with Crippen molar-refractivity contribution in [1.29, 1.82) is 0 Å². The van der Waals surface area contributed by atoms with E-state index >= 15 is 0 Å². The van der Waals surface area contributed by atoms with E-state index in [1.165, 1.54) is 12.3 Å². The molecule has 0 aliphatic carbocycles. The quantitative estimate of drug-likeness (QED) is 0.404. The Morgan fingerprint density at radius 2 is 1.87 bits per heavy atom. The van der Waals surface area contributed by atoms with Gasteiger partial charge in [0.15, 0.2) is 5.76 Å². The van der Waals surface area contributed by atoms with Crippen LogP contribution in [0.3, 0.4) is 0 Å². The van der Waals surface area contributed by atoms with Crippen LogP contribution in [0.1, 0.15) is 40.8 Å². The summed E-state index contributed by atoms with van der Waals surface area (Å²) >= 11 is 1.64. The Morgan fingerprint density at radius 3 is 2.61 bits per heavy atom. The minimum atomic E-state index is -0.390. The third-order valence-corrected chi connectivity index (χ3v) is 5.97. The number of hydrogen-bond donors (Lipinski definition) is 1. The maximum absolute atomic E-state index is 14.1. The number of benzene rings is 2. The molecule has 1 amide bonds. The molecular weight excluding hydrogens is 413 g/mol. The first-order chi connectivity index (χ1) is 15.0. The number of oxazole rings is 1. The molecule has 2 heterocycles. The summed E-state index contributed by atoms with van der Waals surface area (Å²) in [7, 11) is 0. The number of carbonyl (C=O) groups excluding carboxylic acids is 1. The molecule has 0 bridgehead atoms. The topological polar surface area (TPSA) is 68.0 Å². The molecule has 7 heteroatoms. The number of hydrogen-bond acceptors (Lipinski definition) is 5. The zero-order valence-corrected chi connectivity index (χ0v) is 18.1. The van der Waals surface area contributed by atoms with E-state index in [4.69, 9.17) is 4.42 Å². The predicted molar refractivity (Wildman–Crippen MR) is 120 cm³/mol. The Hall–Kier alpha value is -3.32. The van der Waals surface area contributed by atoms with E-state index in [1.807, 2.05) is 11.4 Å². The fourth-order valence-corrected chi connectivity index (χ4v) is 4.02. The Bertz CT molecular complexity index is 1200. The number of aromatic nitrogens is 2. The van der Waals surface area contributed by atoms with Crippen molar-refractivity contribution in [2.75, 3.05) is 6.54 Å². The van der Waals surface area contributed by atoms with Crippen LogP contribution in [-0.2, 0) is 6.42 Å². The smallest absolute Gasteiger partial charge is 0.252 e. The van der Waals surface area contributed by atoms with Gasteiger partial charge in [-0.1, -0.05) is 38.1 Å². The highest BCUT2D eigenvalue weighted by atomic mass is 32.1. The molecule has 0 unspecified atom stereocenters. The zero-order valence-electron chi connectivity index (χ0n) is 17.3. The molecule has 1 N–H and O–H groups in total. The van der Waals surface area contributed by atoms with Crippen LogP contribution < -0.4 is 5.32 Å². The first-order valence-corrected chi connectivity index (χ1v) is 10.9. The lowest BCUT2D eigenvalue weighted by molar-refractivity contribution is 0.0954. The molecule has 2 aromatic heterocycles. The van der Waals surface area contributed by atoms with E-state index in [-0.39, 0.29) is 17.6 Å². The normalized spacial score (nSPS) is 11.1. The highest BCUT2D eigenvalue weighted by Crippen LogP contribution is 2.29. The fraction of sp³-hybridized carbons (Fsp3) is 0.208. The van der Waals surface area contributed by atoms with Crippen molar-refractivity contribution in [2.24, 2.45) is 0 Å². The highest BCUT2D eigenvalue weighted by molar-refractivity contribution is 7.09. The summed E-state index contributed by atoms with van der Waals surface area (Å²) in [5, 5.41) is 6.07. The van der Waals surface area contributed by atoms with E-state index in [0.29, 0.717) is 41.3 Å². The number of carbonyl (C=O) groups is 1. The van der Waals surface area contributed by atoms with Crippen LogP contribution >= 0.6 is 11.3 Å². The van der Waals surface area contributed by atoms with Gasteiger partial charge in [-0.15, -0.1) is 11.3 Å². The summed E-state index contributed by atoms with van der Waals surface area (Å²) in [5.41, 5.74) is 2.31. The molecule has 0 aliphatic heterocycles. The minimum Gasteiger partial charge on any atom is -0.436 e. The van der Waals surface area contributed by atoms with Gasteiger partial charge in [0.25, 0.3) is 5.91 Å². The lowest BCUT2D eigenvalue weighted by Gasteiger charge is -2.08. The molecule has 0 radical (unpaired) electrons. The standard InChI is InChI=1S/C24H22FN3O2S/c1-15(2)24-28-16(14-31-24)11-12-26-22(29)17-7-3-4-8-18(17)23-27-13-21(30-23)19-9-5-6-10-20(19)25/h3-10,13-15H,11-12H2,1-2H3,(H,26,29). The minimum absolute atomic E-state index is 0.222. The van der Waals surface area contributed by atoms with Crippen molar-refractivity contribution in [2.45, 2.75) is 26.2 Å². The number of nitrogens with one attached hydrogen (secondary N) is 1. The second-order valence-corrected chi connectivity index (χ2v) is 8.28. The molecule has 0 saturated heterocycles. The summed E-state index contributed by atoms with van der Waals surface area (Å²) in [5.74, 6) is 0.368. The van der Waals surface area contributed by atoms with Crippen molar-refractivity contribution in [3.63, 3.8) is 0 Å². The van der Waals surface area contributed by atoms with E-state index < -0.39 is 0 Å². The molecular formula is C24H22FN3O2S. The van der Waals surface area contributed by atoms with Gasteiger partial charge in [-0.25, -0.2) is 14.4 Å². The van der Waals surface area contributed by atoms with E-state index in [9.17, 15) is 9.18 Å². The Labute approximate surface area is 184 Å². The summed E-state index contributed by atoms with van der Waals surface area (Å²) in [6.07, 6.45) is 2.13. The van der Waals surface area contributed by atoms with Crippen LogP contribution in [0.5, 0.6) is 0 Å². The van der Waals surface area contributed by atoms with E-state index in [1.54, 1.807) is 47.7 Å². The lowest BCUT2D eigenvalue weighted by atomic mass is 10.1. The molecule has 0 atom stereocenters. The van der Waals surface area contributed by atoms with Gasteiger partial charge in [0.1, 0.15) is 5.82 Å². The van der Waals surface area contributed by atoms with Crippen LogP contribution in [0.15, 0.2) is 64.5 Å². The SMILES string of the molecule is CC(C)c1nc(CCNC(=O)c2ccccc2-c2ncc(-c3ccccc3F)o2)cs1. The summed E-state index contributed by atoms with van der Waals surface area (Å²) in [6, 6.07) is 13.4. The average Bonchev–Trinajstić information content (AvgIpc) is 3.44. The van der Waals surface area contributed by atoms with Gasteiger partial charge in [-0.3, -0.25) is 4.79 Å². The van der Waals surface area contributed by atoms with Gasteiger partial charge in [0.05, 0.1) is 28.0 Å². The van der Waals surface area contributed by atoms with Gasteiger partial charge in [0, 0.05) is 29.8 Å². The van der Waals surface area contributed by atoms with Crippen LogP contribution in [0.4, 0.5) is 4.39 Å². The second kappa shape index (κ2) is 9.22. The molecule has 31 heavy (non-hydrogen) atoms. The number of halogens is 1. The van der Waals surface area contributed by atoms with Crippen molar-refractivity contribution in [3.05, 3.63) is 82.2 Å². The van der Waals surface area contributed by atoms with E-state index in [0.717, 1.165) is 10.7 Å². The number of amides is 1. The fourth-order valence-electron chi connectivity index (χ4n) is 3.15. The van der Waals surface area contributed by atoms with E-state index in [2.05, 4.69) is 29.1 Å². The Kier molecular flexibility index (Phi) is 6.23. The van der Waals surface area contributed by atoms with Crippen LogP contribution in [0.2, 0.25) is 0 Å². The third kappa shape index (κ3) is 4.72. The molecule has 0 aliphatic rings. The third-order valence-electron chi connectivity index (χ3n) is 4.78. The van der Waals surface area contributed by atoms with Crippen molar-refractivity contribution < 1.29 is 13.6 Å². The van der Waals surface area contributed by atoms with Crippen molar-refractivity contribution in [3.8, 4) is 22.8 Å². The van der Waals surface area contributed by atoms with Crippen LogP contribution in [-0.4, -0.2) is 22.4 Å². The maximum Gasteiger partial charge on any atom is 0.252 e. The van der Waals surface area contributed by atoms with Gasteiger partial charge in [-0.2, -0.15) is 0 Å². The summed E-state index contributed by atoms with van der Waals surface area (Å²) in [4.78, 5) is 21.7. The predicted octanol–water partition coefficient (Wildman–Crippen LogP) is 5.70. The molecule has 158 valence electrons. The van der Waals surface area contributed by atoms with Gasteiger partial charge in [0.2, 0.25) is 5.89 Å². The van der Waals surface area contributed by atoms with Gasteiger partial charge < -0.3 is 9.73 Å². The Balaban J connectivity index is 1.48. The van der Waals surface area contributed by atoms with Gasteiger partial charge in [-0.05, 0) is 24.3 Å². The average molecular weight is 436 g/mol. The monoisotopic (exact) mass is 435 g/mol. The number of thiazole rings is 1. The molecule has 5 nitrogen and oxygen atoms in total. The molecule has 0 fully saturated rings. The molecule has 0 saturated carbocycles. The lowest BCUT2D eigenvalue weighted by Crippen LogP contribution is -2.26. The largest absolute Gasteiger partial charge is 0.436 e. The molecule has 0 spiro atoms. The summed E-state index contributed by atoms with van der Waals surface area (Å²) in [6.45, 7) is 4.70. The molecule has 4 rings (SSSR count). The van der Waals surface area contributed by atoms with Crippen LogP contribution in [0.25, 0.3) is 22.8 Å². The Morgan fingerprint density at radius 1 is 1.13 bits per heavy atom. The molecule has 2 aromatic carbocycles. The second-order valence-electron chi connectivity index (χ2n) is 7.39. The summed E-state index contributed by atoms with van der Waals surface area (Å²) < 4.78 is 19.8. The van der Waals surface area contributed by atoms with Gasteiger partial charge >= 0.3 is 0 Å². The number of nitrogens with zero attached hydrogens (tertiary/aromatic N) is 2. The first-order valence-electron chi connectivity index (χ1n) is 10.1.